The van der Waals surface area contributed by atoms with E-state index in [-0.39, 0.29) is 16.8 Å². The summed E-state index contributed by atoms with van der Waals surface area (Å²) in [5, 5.41) is 12.5. The van der Waals surface area contributed by atoms with Crippen LogP contribution in [0.5, 0.6) is 0 Å². The van der Waals surface area contributed by atoms with Crippen molar-refractivity contribution in [1.29, 1.82) is 0 Å². The lowest BCUT2D eigenvalue weighted by Crippen LogP contribution is -2.47. The van der Waals surface area contributed by atoms with Crippen molar-refractivity contribution in [1.82, 2.24) is 10.2 Å². The molecule has 0 aliphatic carbocycles. The van der Waals surface area contributed by atoms with Gasteiger partial charge in [-0.25, -0.2) is 4.79 Å². The van der Waals surface area contributed by atoms with E-state index in [4.69, 9.17) is 0 Å². The van der Waals surface area contributed by atoms with E-state index < -0.39 is 12.0 Å². The van der Waals surface area contributed by atoms with Gasteiger partial charge in [-0.3, -0.25) is 4.79 Å². The number of carboxylic acids is 1. The van der Waals surface area contributed by atoms with Crippen LogP contribution in [-0.4, -0.2) is 51.1 Å². The third-order valence-electron chi connectivity index (χ3n) is 3.20. The second-order valence-electron chi connectivity index (χ2n) is 6.16. The number of hydrogen-bond acceptors (Lipinski definition) is 4. The summed E-state index contributed by atoms with van der Waals surface area (Å²) in [6.45, 7) is 8.77. The molecule has 1 amide bonds. The van der Waals surface area contributed by atoms with Crippen molar-refractivity contribution in [3.63, 3.8) is 0 Å². The largest absolute Gasteiger partial charge is 0.480 e. The van der Waals surface area contributed by atoms with E-state index in [1.165, 1.54) is 0 Å². The second kappa shape index (κ2) is 7.31. The van der Waals surface area contributed by atoms with Crippen LogP contribution >= 0.6 is 11.8 Å². The number of carboxylic acid groups (broad SMARTS) is 1. The van der Waals surface area contributed by atoms with Gasteiger partial charge in [0, 0.05) is 24.3 Å². The van der Waals surface area contributed by atoms with Crippen LogP contribution < -0.4 is 5.32 Å². The topological polar surface area (TPSA) is 69.6 Å². The van der Waals surface area contributed by atoms with Gasteiger partial charge in [0.05, 0.1) is 5.37 Å². The van der Waals surface area contributed by atoms with Crippen molar-refractivity contribution < 1.29 is 14.7 Å². The van der Waals surface area contributed by atoms with Gasteiger partial charge in [0.1, 0.15) is 6.04 Å². The first-order valence-electron chi connectivity index (χ1n) is 7.17. The summed E-state index contributed by atoms with van der Waals surface area (Å²) in [6, 6.07) is -0.668. The number of rotatable bonds is 6. The normalized spacial score (nSPS) is 23.1. The summed E-state index contributed by atoms with van der Waals surface area (Å²) in [5.74, 6) is -0.454. The van der Waals surface area contributed by atoms with Crippen LogP contribution in [0.3, 0.4) is 0 Å². The Morgan fingerprint density at radius 2 is 2.05 bits per heavy atom. The molecule has 2 atom stereocenters. The molecule has 5 nitrogen and oxygen atoms in total. The van der Waals surface area contributed by atoms with Gasteiger partial charge in [-0.05, 0) is 27.2 Å². The Hall–Kier alpha value is -0.750. The number of thioether (sulfide) groups is 1. The van der Waals surface area contributed by atoms with E-state index in [0.717, 1.165) is 12.8 Å². The zero-order valence-electron chi connectivity index (χ0n) is 12.8. The minimum atomic E-state index is -0.895. The second-order valence-corrected chi connectivity index (χ2v) is 7.37. The molecule has 0 aromatic rings. The van der Waals surface area contributed by atoms with E-state index in [0.29, 0.717) is 18.7 Å². The first-order valence-corrected chi connectivity index (χ1v) is 8.21. The maximum absolute atomic E-state index is 12.3. The lowest BCUT2D eigenvalue weighted by atomic mass is 10.1. The Labute approximate surface area is 125 Å². The maximum Gasteiger partial charge on any atom is 0.327 e. The molecule has 6 heteroatoms. The van der Waals surface area contributed by atoms with Crippen molar-refractivity contribution in [2.75, 3.05) is 12.3 Å². The lowest BCUT2D eigenvalue weighted by molar-refractivity contribution is -0.149. The van der Waals surface area contributed by atoms with Crippen molar-refractivity contribution in [2.45, 2.75) is 63.9 Å². The molecule has 2 unspecified atom stereocenters. The fourth-order valence-electron chi connectivity index (χ4n) is 2.23. The average molecular weight is 302 g/mol. The molecule has 0 aromatic heterocycles. The highest BCUT2D eigenvalue weighted by Crippen LogP contribution is 2.32. The molecule has 0 bridgehead atoms. The fraction of sp³-hybridized carbons (Fsp3) is 0.857. The summed E-state index contributed by atoms with van der Waals surface area (Å²) >= 11 is 1.58. The average Bonchev–Trinajstić information content (AvgIpc) is 2.71. The smallest absolute Gasteiger partial charge is 0.327 e. The summed E-state index contributed by atoms with van der Waals surface area (Å²) in [7, 11) is 0. The van der Waals surface area contributed by atoms with E-state index in [2.05, 4.69) is 12.2 Å². The number of aliphatic carboxylic acids is 1. The predicted molar refractivity (Wildman–Crippen MR) is 81.8 cm³/mol. The highest BCUT2D eigenvalue weighted by atomic mass is 32.2. The molecule has 0 aromatic carbocycles. The maximum atomic E-state index is 12.3. The highest BCUT2D eigenvalue weighted by molar-refractivity contribution is 8.00. The minimum absolute atomic E-state index is 0.0169. The predicted octanol–water partition coefficient (Wildman–Crippen LogP) is 1.92. The molecule has 2 N–H and O–H groups in total. The molecule has 1 saturated heterocycles. The molecule has 1 aliphatic rings. The van der Waals surface area contributed by atoms with E-state index in [1.54, 1.807) is 16.7 Å². The van der Waals surface area contributed by atoms with Gasteiger partial charge >= 0.3 is 5.97 Å². The molecule has 1 rings (SSSR count). The standard InChI is InChI=1S/C14H26N2O3S/c1-5-6-12-16(10(9-20-12)13(18)19)11(17)7-8-15-14(2,3)4/h10,12,15H,5-9H2,1-4H3,(H,18,19). The zero-order chi connectivity index (χ0) is 15.3. The molecular formula is C14H26N2O3S. The molecule has 20 heavy (non-hydrogen) atoms. The lowest BCUT2D eigenvalue weighted by Gasteiger charge is -2.28. The van der Waals surface area contributed by atoms with Crippen LogP contribution in [0.2, 0.25) is 0 Å². The van der Waals surface area contributed by atoms with Crippen LogP contribution in [0, 0.1) is 0 Å². The first kappa shape index (κ1) is 17.3. The van der Waals surface area contributed by atoms with E-state index in [9.17, 15) is 14.7 Å². The third kappa shape index (κ3) is 4.98. The van der Waals surface area contributed by atoms with Gasteiger partial charge in [0.15, 0.2) is 0 Å². The number of nitrogens with one attached hydrogen (secondary N) is 1. The fourth-order valence-corrected chi connectivity index (χ4v) is 3.77. The van der Waals surface area contributed by atoms with Gasteiger partial charge in [0.2, 0.25) is 5.91 Å². The van der Waals surface area contributed by atoms with Crippen LogP contribution in [0.25, 0.3) is 0 Å². The number of carbonyl (C=O) groups is 2. The molecule has 1 fully saturated rings. The van der Waals surface area contributed by atoms with Gasteiger partial charge in [-0.15, -0.1) is 11.8 Å². The van der Waals surface area contributed by atoms with Crippen molar-refractivity contribution >= 4 is 23.6 Å². The Kier molecular flexibility index (Phi) is 6.33. The quantitative estimate of drug-likeness (QED) is 0.784. The minimum Gasteiger partial charge on any atom is -0.480 e. The molecule has 1 aliphatic heterocycles. The number of amides is 1. The molecule has 0 radical (unpaired) electrons. The van der Waals surface area contributed by atoms with Crippen molar-refractivity contribution in [3.8, 4) is 0 Å². The molecular weight excluding hydrogens is 276 g/mol. The molecule has 0 spiro atoms. The zero-order valence-corrected chi connectivity index (χ0v) is 13.6. The summed E-state index contributed by atoms with van der Waals surface area (Å²) in [6.07, 6.45) is 2.16. The summed E-state index contributed by atoms with van der Waals surface area (Å²) in [4.78, 5) is 25.2. The molecule has 116 valence electrons. The van der Waals surface area contributed by atoms with Crippen molar-refractivity contribution in [2.24, 2.45) is 0 Å². The van der Waals surface area contributed by atoms with Crippen molar-refractivity contribution in [3.05, 3.63) is 0 Å². The number of nitrogens with zero attached hydrogens (tertiary/aromatic N) is 1. The highest BCUT2D eigenvalue weighted by Gasteiger charge is 2.40. The SMILES string of the molecule is CCCC1SCC(C(=O)O)N1C(=O)CCNC(C)(C)C. The Morgan fingerprint density at radius 1 is 1.40 bits per heavy atom. The van der Waals surface area contributed by atoms with Gasteiger partial charge in [-0.2, -0.15) is 0 Å². The van der Waals surface area contributed by atoms with E-state index >= 15 is 0 Å². The summed E-state index contributed by atoms with van der Waals surface area (Å²) in [5.41, 5.74) is -0.0327. The first-order chi connectivity index (χ1) is 9.26. The van der Waals surface area contributed by atoms with Gasteiger partial charge in [-0.1, -0.05) is 13.3 Å². The van der Waals surface area contributed by atoms with Crippen LogP contribution in [-0.2, 0) is 9.59 Å². The third-order valence-corrected chi connectivity index (χ3v) is 4.55. The van der Waals surface area contributed by atoms with Gasteiger partial charge < -0.3 is 15.3 Å². The molecule has 1 heterocycles. The van der Waals surface area contributed by atoms with Crippen LogP contribution in [0.15, 0.2) is 0 Å². The Morgan fingerprint density at radius 3 is 2.55 bits per heavy atom. The monoisotopic (exact) mass is 302 g/mol. The van der Waals surface area contributed by atoms with E-state index in [1.807, 2.05) is 20.8 Å². The summed E-state index contributed by atoms with van der Waals surface area (Å²) < 4.78 is 0. The van der Waals surface area contributed by atoms with Crippen LogP contribution in [0.1, 0.15) is 47.0 Å². The number of carbonyl (C=O) groups excluding carboxylic acids is 1. The van der Waals surface area contributed by atoms with Crippen LogP contribution in [0.4, 0.5) is 0 Å². The Balaban J connectivity index is 2.62. The molecule has 0 saturated carbocycles. The van der Waals surface area contributed by atoms with Gasteiger partial charge in [0.25, 0.3) is 0 Å². The Bertz CT molecular complexity index is 355. The number of hydrogen-bond donors (Lipinski definition) is 2.